The molecule has 0 unspecified atom stereocenters. The lowest BCUT2D eigenvalue weighted by atomic mass is 9.81. The first-order valence-corrected chi connectivity index (χ1v) is 10.5. The van der Waals surface area contributed by atoms with E-state index in [1.165, 1.54) is 11.6 Å². The van der Waals surface area contributed by atoms with E-state index in [0.717, 1.165) is 44.3 Å². The number of carbonyl (C=O) groups is 2. The third kappa shape index (κ3) is 4.34. The van der Waals surface area contributed by atoms with E-state index in [2.05, 4.69) is 11.4 Å². The number of para-hydroxylation sites is 1. The van der Waals surface area contributed by atoms with Gasteiger partial charge in [-0.2, -0.15) is 0 Å². The van der Waals surface area contributed by atoms with Crippen molar-refractivity contribution in [3.8, 4) is 0 Å². The van der Waals surface area contributed by atoms with Crippen LogP contribution in [0.1, 0.15) is 36.8 Å². The first-order chi connectivity index (χ1) is 14.1. The average Bonchev–Trinajstić information content (AvgIpc) is 3.19. The number of halogens is 1. The minimum atomic E-state index is -0.232. The molecule has 0 radical (unpaired) electrons. The zero-order valence-corrected chi connectivity index (χ0v) is 16.6. The zero-order valence-electron chi connectivity index (χ0n) is 16.6. The molecule has 1 saturated carbocycles. The summed E-state index contributed by atoms with van der Waals surface area (Å²) in [5, 5.41) is 2.94. The SMILES string of the molecule is O=C(NCCc1ccccc1F)C1CCC(C(=O)N2CCc3ccccc32)CC1. The molecule has 1 N–H and O–H groups in total. The first-order valence-electron chi connectivity index (χ1n) is 10.5. The second kappa shape index (κ2) is 8.76. The minimum absolute atomic E-state index is 0.00335. The first kappa shape index (κ1) is 19.6. The van der Waals surface area contributed by atoms with E-state index in [-0.39, 0.29) is 29.5 Å². The van der Waals surface area contributed by atoms with Crippen LogP contribution in [0.5, 0.6) is 0 Å². The predicted molar refractivity (Wildman–Crippen MR) is 111 cm³/mol. The van der Waals surface area contributed by atoms with Crippen LogP contribution in [0, 0.1) is 17.7 Å². The molecule has 1 heterocycles. The second-order valence-electron chi connectivity index (χ2n) is 8.05. The summed E-state index contributed by atoms with van der Waals surface area (Å²) in [6.07, 6.45) is 4.38. The Balaban J connectivity index is 1.24. The van der Waals surface area contributed by atoms with Gasteiger partial charge in [0.1, 0.15) is 5.82 Å². The molecule has 0 spiro atoms. The fraction of sp³-hybridized carbons (Fsp3) is 0.417. The van der Waals surface area contributed by atoms with Gasteiger partial charge in [0.15, 0.2) is 0 Å². The Morgan fingerprint density at radius 3 is 2.45 bits per heavy atom. The molecule has 0 saturated heterocycles. The largest absolute Gasteiger partial charge is 0.356 e. The molecule has 2 aromatic carbocycles. The molecule has 29 heavy (non-hydrogen) atoms. The van der Waals surface area contributed by atoms with Gasteiger partial charge in [-0.25, -0.2) is 4.39 Å². The van der Waals surface area contributed by atoms with E-state index in [9.17, 15) is 14.0 Å². The lowest BCUT2D eigenvalue weighted by molar-refractivity contribution is -0.129. The number of hydrogen-bond donors (Lipinski definition) is 1. The Morgan fingerprint density at radius 2 is 1.66 bits per heavy atom. The predicted octanol–water partition coefficient (Wildman–Crippen LogP) is 3.88. The number of amides is 2. The van der Waals surface area contributed by atoms with Crippen molar-refractivity contribution < 1.29 is 14.0 Å². The van der Waals surface area contributed by atoms with Gasteiger partial charge in [0, 0.05) is 30.6 Å². The summed E-state index contributed by atoms with van der Waals surface area (Å²) >= 11 is 0. The van der Waals surface area contributed by atoms with E-state index >= 15 is 0 Å². The van der Waals surface area contributed by atoms with E-state index in [0.29, 0.717) is 18.5 Å². The lowest BCUT2D eigenvalue weighted by Crippen LogP contribution is -2.39. The molecule has 0 atom stereocenters. The van der Waals surface area contributed by atoms with Crippen LogP contribution in [0.4, 0.5) is 10.1 Å². The molecule has 4 nitrogen and oxygen atoms in total. The molecule has 0 aromatic heterocycles. The molecule has 152 valence electrons. The number of carbonyl (C=O) groups excluding carboxylic acids is 2. The molecule has 4 rings (SSSR count). The Hall–Kier alpha value is -2.69. The Morgan fingerprint density at radius 1 is 0.966 bits per heavy atom. The maximum Gasteiger partial charge on any atom is 0.230 e. The standard InChI is InChI=1S/C24H27FN2O2/c25-21-7-3-1-5-17(21)13-15-26-23(28)19-9-11-20(12-10-19)24(29)27-16-14-18-6-2-4-8-22(18)27/h1-8,19-20H,9-16H2,(H,26,28). The molecular weight excluding hydrogens is 367 g/mol. The van der Waals surface area contributed by atoms with Crippen LogP contribution in [0.2, 0.25) is 0 Å². The number of anilines is 1. The number of benzene rings is 2. The van der Waals surface area contributed by atoms with Gasteiger partial charge in [-0.1, -0.05) is 36.4 Å². The highest BCUT2D eigenvalue weighted by atomic mass is 19.1. The van der Waals surface area contributed by atoms with Crippen molar-refractivity contribution in [1.82, 2.24) is 5.32 Å². The summed E-state index contributed by atoms with van der Waals surface area (Å²) in [5.74, 6) is -0.0504. The highest BCUT2D eigenvalue weighted by Crippen LogP contribution is 2.34. The van der Waals surface area contributed by atoms with Crippen molar-refractivity contribution in [2.24, 2.45) is 11.8 Å². The van der Waals surface area contributed by atoms with Gasteiger partial charge in [-0.05, 0) is 61.8 Å². The van der Waals surface area contributed by atoms with Crippen LogP contribution < -0.4 is 10.2 Å². The molecule has 2 aliphatic rings. The molecular formula is C24H27FN2O2. The van der Waals surface area contributed by atoms with Gasteiger partial charge in [-0.3, -0.25) is 9.59 Å². The van der Waals surface area contributed by atoms with Crippen molar-refractivity contribution in [2.75, 3.05) is 18.0 Å². The highest BCUT2D eigenvalue weighted by Gasteiger charge is 2.34. The van der Waals surface area contributed by atoms with Crippen molar-refractivity contribution >= 4 is 17.5 Å². The molecule has 2 aromatic rings. The summed E-state index contributed by atoms with van der Waals surface area (Å²) in [7, 11) is 0. The number of rotatable bonds is 5. The number of nitrogens with one attached hydrogen (secondary N) is 1. The lowest BCUT2D eigenvalue weighted by Gasteiger charge is -2.30. The fourth-order valence-electron chi connectivity index (χ4n) is 4.56. The van der Waals surface area contributed by atoms with Crippen LogP contribution in [0.25, 0.3) is 0 Å². The van der Waals surface area contributed by atoms with Crippen LogP contribution >= 0.6 is 0 Å². The minimum Gasteiger partial charge on any atom is -0.356 e. The summed E-state index contributed by atoms with van der Waals surface area (Å²) < 4.78 is 13.7. The smallest absolute Gasteiger partial charge is 0.230 e. The summed E-state index contributed by atoms with van der Waals surface area (Å²) in [6.45, 7) is 1.19. The Labute approximate surface area is 171 Å². The van der Waals surface area contributed by atoms with Gasteiger partial charge >= 0.3 is 0 Å². The fourth-order valence-corrected chi connectivity index (χ4v) is 4.56. The molecule has 5 heteroatoms. The normalized spacial score (nSPS) is 20.9. The van der Waals surface area contributed by atoms with Crippen molar-refractivity contribution in [2.45, 2.75) is 38.5 Å². The third-order valence-electron chi connectivity index (χ3n) is 6.25. The van der Waals surface area contributed by atoms with Gasteiger partial charge in [0.25, 0.3) is 0 Å². The van der Waals surface area contributed by atoms with Gasteiger partial charge < -0.3 is 10.2 Å². The zero-order chi connectivity index (χ0) is 20.2. The van der Waals surface area contributed by atoms with E-state index in [4.69, 9.17) is 0 Å². The van der Waals surface area contributed by atoms with Gasteiger partial charge in [0.05, 0.1) is 0 Å². The molecule has 1 aliphatic carbocycles. The maximum absolute atomic E-state index is 13.7. The van der Waals surface area contributed by atoms with Crippen LogP contribution in [-0.2, 0) is 22.4 Å². The van der Waals surface area contributed by atoms with E-state index < -0.39 is 0 Å². The number of fused-ring (bicyclic) bond motifs is 1. The number of nitrogens with zero attached hydrogens (tertiary/aromatic N) is 1. The summed E-state index contributed by atoms with van der Waals surface area (Å²) in [6, 6.07) is 14.8. The Kier molecular flexibility index (Phi) is 5.93. The molecule has 2 amide bonds. The average molecular weight is 394 g/mol. The van der Waals surface area contributed by atoms with Crippen molar-refractivity contribution in [1.29, 1.82) is 0 Å². The summed E-state index contributed by atoms with van der Waals surface area (Å²) in [5.41, 5.74) is 2.90. The van der Waals surface area contributed by atoms with Gasteiger partial charge in [0.2, 0.25) is 11.8 Å². The highest BCUT2D eigenvalue weighted by molar-refractivity contribution is 5.97. The topological polar surface area (TPSA) is 49.4 Å². The molecule has 1 aliphatic heterocycles. The van der Waals surface area contributed by atoms with Crippen molar-refractivity contribution in [3.05, 3.63) is 65.5 Å². The summed E-state index contributed by atoms with van der Waals surface area (Å²) in [4.78, 5) is 27.4. The van der Waals surface area contributed by atoms with Crippen molar-refractivity contribution in [3.63, 3.8) is 0 Å². The molecule has 1 fully saturated rings. The van der Waals surface area contributed by atoms with Crippen LogP contribution in [0.15, 0.2) is 48.5 Å². The molecule has 0 bridgehead atoms. The monoisotopic (exact) mass is 394 g/mol. The van der Waals surface area contributed by atoms with Gasteiger partial charge in [-0.15, -0.1) is 0 Å². The second-order valence-corrected chi connectivity index (χ2v) is 8.05. The third-order valence-corrected chi connectivity index (χ3v) is 6.25. The van der Waals surface area contributed by atoms with Crippen LogP contribution in [-0.4, -0.2) is 24.9 Å². The van der Waals surface area contributed by atoms with E-state index in [1.54, 1.807) is 18.2 Å². The number of hydrogen-bond acceptors (Lipinski definition) is 2. The quantitative estimate of drug-likeness (QED) is 0.837. The maximum atomic E-state index is 13.7. The van der Waals surface area contributed by atoms with Crippen LogP contribution in [0.3, 0.4) is 0 Å². The Bertz CT molecular complexity index is 890. The van der Waals surface area contributed by atoms with E-state index in [1.807, 2.05) is 23.1 Å².